The van der Waals surface area contributed by atoms with E-state index in [0.29, 0.717) is 0 Å². The third-order valence-corrected chi connectivity index (χ3v) is 88.0. The number of benzene rings is 10. The van der Waals surface area contributed by atoms with Crippen molar-refractivity contribution in [3.05, 3.63) is 246 Å². The number of hydrogen-bond acceptors (Lipinski definition) is 8. The number of para-hydroxylation sites is 4. The van der Waals surface area contributed by atoms with Gasteiger partial charge in [-0.3, -0.25) is 0 Å². The summed E-state index contributed by atoms with van der Waals surface area (Å²) in [6, 6.07) is 72.4. The normalized spacial score (nSPS) is 11.5. The molecule has 53 heteroatoms. The van der Waals surface area contributed by atoms with Crippen LogP contribution in [0.4, 0.5) is 0 Å². The standard InChI is InChI=1S/C30H17Br4N.C24H24BNO2.C12H5Br4I.S14.S13.S12/c31-23-11-6-12-24(32)29(23)30-25(33)16-19(17-26(30)34)18-7-5-8-20(15-18)35-27-13-3-1-9-21(27)22-10-2-4-14-28(22)35;1-23(2)24(3,4)28-25(27-23)17-10-9-11-18(16-17)26-21-14-7-5-12-19(21)20-13-6-8-15-22(20)26;13-7-2-1-3-8(14)11(7)12-9(15)4-6(17)5-10(12)16;1-3-5-7-9-11-13-14-12-10-8-6-4-2;1-3-5-7-9-11-13-12-10-8-6-4-2;1-3-5-7-9-11-12-10-8-6-4-2/h1-17H;5-16H,1-4H3;1-5H;;;. The highest BCUT2D eigenvalue weighted by atomic mass is 127. The van der Waals surface area contributed by atoms with Crippen LogP contribution in [0.2, 0.25) is 0 Å². The maximum Gasteiger partial charge on any atom is 0.494 e. The van der Waals surface area contributed by atoms with Crippen molar-refractivity contribution in [2.45, 2.75) is 38.9 Å². The molecular weight excluding hydrogens is 2880 g/mol. The molecule has 0 unspecified atom stereocenters. The molecule has 2 aromatic heterocycles. The molecule has 0 spiro atoms. The van der Waals surface area contributed by atoms with Gasteiger partial charge < -0.3 is 18.4 Å². The smallest absolute Gasteiger partial charge is 0.399 e. The summed E-state index contributed by atoms with van der Waals surface area (Å²) in [5.41, 5.74) is 14.2. The van der Waals surface area contributed by atoms with E-state index in [4.69, 9.17) is 54.1 Å². The fraction of sp³-hybridized carbons (Fsp3) is 0.0909. The molecule has 0 saturated carbocycles. The maximum absolute atomic E-state index is 6.27. The summed E-state index contributed by atoms with van der Waals surface area (Å²) >= 11 is 60.1. The van der Waals surface area contributed by atoms with Crippen LogP contribution in [0, 0.1) is 3.57 Å². The van der Waals surface area contributed by atoms with Gasteiger partial charge in [0.05, 0.1) is 33.3 Å². The Bertz CT molecular complexity index is 7170. The molecular formula is C66H46BBr8IN2O2S39. The molecule has 0 amide bonds. The first kappa shape index (κ1) is 109. The van der Waals surface area contributed by atoms with Crippen molar-refractivity contribution in [1.29, 1.82) is 0 Å². The number of halogens is 9. The van der Waals surface area contributed by atoms with Crippen LogP contribution in [-0.2, 0) is 369 Å². The molecule has 13 rings (SSSR count). The summed E-state index contributed by atoms with van der Waals surface area (Å²) in [6.45, 7) is 8.35. The van der Waals surface area contributed by atoms with Gasteiger partial charge in [-0.05, 0) is 164 Å². The van der Waals surface area contributed by atoms with Crippen molar-refractivity contribution in [2.24, 2.45) is 0 Å². The third-order valence-electron chi connectivity index (χ3n) is 15.6. The first-order valence-corrected chi connectivity index (χ1v) is 86.9. The molecule has 1 aliphatic rings. The molecule has 3 heterocycles. The fourth-order valence-corrected chi connectivity index (χ4v) is 92.1. The van der Waals surface area contributed by atoms with Crippen molar-refractivity contribution >= 4 is 566 Å². The molecule has 12 aromatic rings. The molecule has 0 radical (unpaired) electrons. The molecule has 0 bridgehead atoms. The van der Waals surface area contributed by atoms with Gasteiger partial charge in [-0.25, -0.2) is 0 Å². The summed E-state index contributed by atoms with van der Waals surface area (Å²) in [7, 11) is 53.9. The lowest BCUT2D eigenvalue weighted by Gasteiger charge is -2.32. The maximum atomic E-state index is 6.27. The van der Waals surface area contributed by atoms with Crippen molar-refractivity contribution < 1.29 is 9.31 Å². The third kappa shape index (κ3) is 35.2. The van der Waals surface area contributed by atoms with Gasteiger partial charge in [-0.1, -0.05) is 237 Å². The second-order valence-electron chi connectivity index (χ2n) is 22.5. The average molecular weight is 2930 g/mol. The molecule has 1 saturated heterocycles. The molecule has 0 atom stereocenters. The van der Waals surface area contributed by atoms with E-state index in [1.807, 2.05) is 24.3 Å². The van der Waals surface area contributed by atoms with Crippen LogP contribution in [0.15, 0.2) is 242 Å². The zero-order chi connectivity index (χ0) is 85.5. The van der Waals surface area contributed by atoms with Crippen LogP contribution in [0.3, 0.4) is 0 Å². The Morgan fingerprint density at radius 3 is 0.807 bits per heavy atom. The zero-order valence-corrected chi connectivity index (χ0v) is 106. The first-order chi connectivity index (χ1) is 57.6. The van der Waals surface area contributed by atoms with Gasteiger partial charge in [-0.15, -0.1) is 0 Å². The van der Waals surface area contributed by atoms with Crippen LogP contribution in [0.25, 0.3) is 88.4 Å². The highest BCUT2D eigenvalue weighted by Crippen LogP contribution is 2.47. The summed E-state index contributed by atoms with van der Waals surface area (Å²) in [5, 5.41) is 5.06. The first-order valence-electron chi connectivity index (χ1n) is 31.5. The Morgan fingerprint density at radius 1 is 0.269 bits per heavy atom. The molecule has 10 aromatic carbocycles. The van der Waals surface area contributed by atoms with Gasteiger partial charge in [0, 0.05) is 455 Å². The molecule has 632 valence electrons. The van der Waals surface area contributed by atoms with E-state index in [2.05, 4.69) is 391 Å². The average Bonchev–Trinajstić information content (AvgIpc) is 1.59. The van der Waals surface area contributed by atoms with Gasteiger partial charge in [0.2, 0.25) is 0 Å². The largest absolute Gasteiger partial charge is 0.494 e. The minimum atomic E-state index is -0.363. The summed E-state index contributed by atoms with van der Waals surface area (Å²) < 4.78 is 26.8. The van der Waals surface area contributed by atoms with Crippen molar-refractivity contribution in [1.82, 2.24) is 9.13 Å². The van der Waals surface area contributed by atoms with E-state index in [1.54, 1.807) is 240 Å². The lowest BCUT2D eigenvalue weighted by Crippen LogP contribution is -2.41. The molecule has 1 aliphatic heterocycles. The molecule has 0 N–H and O–H groups in total. The number of hydrogen-bond donors (Lipinski definition) is 0. The number of fused-ring (bicyclic) bond motifs is 6. The summed E-state index contributed by atoms with van der Waals surface area (Å²) in [4.78, 5) is 0. The Balaban J connectivity index is 0.000000188. The molecule has 0 aliphatic carbocycles. The number of aromatic nitrogens is 2. The van der Waals surface area contributed by atoms with Crippen LogP contribution in [0.5, 0.6) is 0 Å². The van der Waals surface area contributed by atoms with Crippen LogP contribution in [-0.4, -0.2) is 27.5 Å². The van der Waals surface area contributed by atoms with Crippen molar-refractivity contribution in [3.8, 4) is 44.8 Å². The van der Waals surface area contributed by atoms with Crippen LogP contribution >= 0.6 is 150 Å². The highest BCUT2D eigenvalue weighted by molar-refractivity contribution is 14.1. The second-order valence-corrected chi connectivity index (χ2v) is 88.9. The minimum Gasteiger partial charge on any atom is -0.399 e. The number of rotatable bonds is 6. The SMILES string of the molecule is Brc1cccc(Br)c1-c1c(Br)cc(-c2cccc(-n3c4ccccc4c4ccccc43)c2)cc1Br.Brc1cccc(Br)c1-c1c(Br)cc(I)cc1Br.CC1(C)OB(c2cccc(-n3c4ccccc4c4ccccc43)c2)OC1(C)C.S=S=S=S=S=S=S=S=S=S=S=S.S=S=S=S=S=S=S=S=S=S=S=S=S.S=S=S=S=S=S=S=S=S=S=S=S=S=S. The molecule has 119 heavy (non-hydrogen) atoms. The summed E-state index contributed by atoms with van der Waals surface area (Å²) in [5.74, 6) is 0. The van der Waals surface area contributed by atoms with E-state index >= 15 is 0 Å². The Morgan fingerprint density at radius 2 is 0.513 bits per heavy atom. The van der Waals surface area contributed by atoms with E-state index in [9.17, 15) is 0 Å². The van der Waals surface area contributed by atoms with Crippen molar-refractivity contribution in [3.63, 3.8) is 0 Å². The van der Waals surface area contributed by atoms with Gasteiger partial charge >= 0.3 is 7.12 Å². The van der Waals surface area contributed by atoms with Gasteiger partial charge in [-0.2, -0.15) is 0 Å². The Hall–Kier alpha value is 4.93. The van der Waals surface area contributed by atoms with Crippen LogP contribution in [0.1, 0.15) is 27.7 Å². The number of nitrogens with zero attached hydrogens (tertiary/aromatic N) is 2. The lowest BCUT2D eigenvalue weighted by molar-refractivity contribution is 0.00578. The Kier molecular flexibility index (Phi) is 56.1. The van der Waals surface area contributed by atoms with E-state index in [1.165, 1.54) is 100 Å². The Labute approximate surface area is 895 Å². The fourth-order valence-electron chi connectivity index (χ4n) is 10.6. The minimum absolute atomic E-state index is 0.347. The molecule has 1 fully saturated rings. The quantitative estimate of drug-likeness (QED) is 0.120. The molecule has 4 nitrogen and oxygen atoms in total. The van der Waals surface area contributed by atoms with Gasteiger partial charge in [0.1, 0.15) is 0 Å². The van der Waals surface area contributed by atoms with Crippen LogP contribution < -0.4 is 5.46 Å². The predicted molar refractivity (Wildman–Crippen MR) is 662 cm³/mol. The highest BCUT2D eigenvalue weighted by Gasteiger charge is 2.51. The van der Waals surface area contributed by atoms with Crippen molar-refractivity contribution in [2.75, 3.05) is 0 Å². The van der Waals surface area contributed by atoms with Gasteiger partial charge in [0.25, 0.3) is 0 Å². The second kappa shape index (κ2) is 61.1. The monoisotopic (exact) mass is 2910 g/mol. The van der Waals surface area contributed by atoms with E-state index in [0.717, 1.165) is 86.0 Å². The topological polar surface area (TPSA) is 28.3 Å². The van der Waals surface area contributed by atoms with Gasteiger partial charge in [0.15, 0.2) is 0 Å². The summed E-state index contributed by atoms with van der Waals surface area (Å²) in [6.07, 6.45) is 0. The predicted octanol–water partition coefficient (Wildman–Crippen LogP) is 23.2. The lowest BCUT2D eigenvalue weighted by atomic mass is 9.79. The van der Waals surface area contributed by atoms with E-state index in [-0.39, 0.29) is 18.3 Å². The van der Waals surface area contributed by atoms with E-state index < -0.39 is 0 Å². The zero-order valence-electron chi connectivity index (χ0n) is 59.2.